The molecule has 0 saturated carbocycles. The van der Waals surface area contributed by atoms with Gasteiger partial charge in [0, 0.05) is 32.4 Å². The SMILES string of the molecule is CN=C(NCC(F)F)NC1CCN(c2ncccc2F)C1. The van der Waals surface area contributed by atoms with Crippen LogP contribution in [0, 0.1) is 5.82 Å². The molecule has 0 radical (unpaired) electrons. The van der Waals surface area contributed by atoms with E-state index in [1.165, 1.54) is 13.1 Å². The summed E-state index contributed by atoms with van der Waals surface area (Å²) in [6, 6.07) is 2.92. The van der Waals surface area contributed by atoms with Crippen LogP contribution in [0.3, 0.4) is 0 Å². The van der Waals surface area contributed by atoms with Gasteiger partial charge in [0.05, 0.1) is 6.54 Å². The van der Waals surface area contributed by atoms with Crippen LogP contribution in [-0.4, -0.2) is 50.1 Å². The quantitative estimate of drug-likeness (QED) is 0.649. The van der Waals surface area contributed by atoms with Gasteiger partial charge in [-0.2, -0.15) is 0 Å². The molecule has 1 unspecified atom stereocenters. The minimum absolute atomic E-state index is 0.00952. The van der Waals surface area contributed by atoms with Gasteiger partial charge in [0.2, 0.25) is 0 Å². The molecule has 8 heteroatoms. The smallest absolute Gasteiger partial charge is 0.255 e. The second-order valence-corrected chi connectivity index (χ2v) is 4.73. The Kier molecular flexibility index (Phi) is 5.24. The summed E-state index contributed by atoms with van der Waals surface area (Å²) in [6.45, 7) is 0.742. The van der Waals surface area contributed by atoms with Crippen LogP contribution in [0.4, 0.5) is 19.0 Å². The van der Waals surface area contributed by atoms with Gasteiger partial charge in [0.1, 0.15) is 0 Å². The van der Waals surface area contributed by atoms with E-state index in [9.17, 15) is 13.2 Å². The van der Waals surface area contributed by atoms with Crippen molar-refractivity contribution in [2.45, 2.75) is 18.9 Å². The van der Waals surface area contributed by atoms with Gasteiger partial charge in [-0.25, -0.2) is 18.2 Å². The lowest BCUT2D eigenvalue weighted by atomic mass is 10.3. The summed E-state index contributed by atoms with van der Waals surface area (Å²) in [5.41, 5.74) is 0. The van der Waals surface area contributed by atoms with Gasteiger partial charge in [-0.3, -0.25) is 4.99 Å². The number of hydrogen-bond donors (Lipinski definition) is 2. The zero-order valence-corrected chi connectivity index (χ0v) is 11.7. The van der Waals surface area contributed by atoms with E-state index in [-0.39, 0.29) is 11.9 Å². The topological polar surface area (TPSA) is 52.6 Å². The van der Waals surface area contributed by atoms with Gasteiger partial charge in [0.15, 0.2) is 17.6 Å². The van der Waals surface area contributed by atoms with E-state index in [0.29, 0.717) is 24.9 Å². The van der Waals surface area contributed by atoms with E-state index < -0.39 is 13.0 Å². The van der Waals surface area contributed by atoms with Crippen LogP contribution in [0.25, 0.3) is 0 Å². The molecule has 0 bridgehead atoms. The largest absolute Gasteiger partial charge is 0.352 e. The zero-order valence-electron chi connectivity index (χ0n) is 11.7. The number of anilines is 1. The first kappa shape index (κ1) is 15.4. The third-order valence-electron chi connectivity index (χ3n) is 3.22. The second kappa shape index (κ2) is 7.14. The number of pyridine rings is 1. The Morgan fingerprint density at radius 1 is 1.57 bits per heavy atom. The molecule has 1 atom stereocenters. The summed E-state index contributed by atoms with van der Waals surface area (Å²) in [4.78, 5) is 9.75. The lowest BCUT2D eigenvalue weighted by Crippen LogP contribution is -2.45. The van der Waals surface area contributed by atoms with E-state index >= 15 is 0 Å². The van der Waals surface area contributed by atoms with Gasteiger partial charge < -0.3 is 15.5 Å². The second-order valence-electron chi connectivity index (χ2n) is 4.73. The fraction of sp³-hybridized carbons (Fsp3) is 0.538. The molecule has 1 aromatic rings. The van der Waals surface area contributed by atoms with Crippen LogP contribution in [0.15, 0.2) is 23.3 Å². The Bertz CT molecular complexity index is 494. The molecule has 0 aromatic carbocycles. The molecule has 2 rings (SSSR count). The summed E-state index contributed by atoms with van der Waals surface area (Å²) in [6.07, 6.45) is -0.139. The Labute approximate surface area is 121 Å². The standard InChI is InChI=1S/C13H18F3N5/c1-17-13(19-7-11(15)16)20-9-4-6-21(8-9)12-10(14)3-2-5-18-12/h2-3,5,9,11H,4,6-8H2,1H3,(H2,17,19,20). The average molecular weight is 301 g/mol. The minimum Gasteiger partial charge on any atom is -0.352 e. The summed E-state index contributed by atoms with van der Waals surface area (Å²) in [7, 11) is 1.52. The molecule has 0 amide bonds. The Hall–Kier alpha value is -1.99. The summed E-state index contributed by atoms with van der Waals surface area (Å²) < 4.78 is 38.0. The maximum absolute atomic E-state index is 13.7. The van der Waals surface area contributed by atoms with Crippen molar-refractivity contribution < 1.29 is 13.2 Å². The van der Waals surface area contributed by atoms with Crippen LogP contribution in [0.5, 0.6) is 0 Å². The minimum atomic E-state index is -2.44. The van der Waals surface area contributed by atoms with Crippen molar-refractivity contribution in [3.63, 3.8) is 0 Å². The van der Waals surface area contributed by atoms with Crippen LogP contribution in [0.2, 0.25) is 0 Å². The zero-order chi connectivity index (χ0) is 15.2. The summed E-state index contributed by atoms with van der Waals surface area (Å²) >= 11 is 0. The first-order chi connectivity index (χ1) is 10.1. The predicted octanol–water partition coefficient (Wildman–Crippen LogP) is 1.23. The van der Waals surface area contributed by atoms with Gasteiger partial charge in [-0.1, -0.05) is 0 Å². The molecule has 0 spiro atoms. The van der Waals surface area contributed by atoms with E-state index in [4.69, 9.17) is 0 Å². The molecule has 1 aliphatic heterocycles. The number of aromatic nitrogens is 1. The van der Waals surface area contributed by atoms with Crippen LogP contribution in [-0.2, 0) is 0 Å². The maximum atomic E-state index is 13.7. The van der Waals surface area contributed by atoms with Gasteiger partial charge in [-0.15, -0.1) is 0 Å². The predicted molar refractivity (Wildman–Crippen MR) is 75.3 cm³/mol. The molecule has 116 valence electrons. The number of nitrogens with one attached hydrogen (secondary N) is 2. The van der Waals surface area contributed by atoms with Gasteiger partial charge in [-0.05, 0) is 18.6 Å². The van der Waals surface area contributed by atoms with Crippen molar-refractivity contribution in [2.75, 3.05) is 31.6 Å². The fourth-order valence-electron chi connectivity index (χ4n) is 2.24. The van der Waals surface area contributed by atoms with Crippen LogP contribution < -0.4 is 15.5 Å². The number of aliphatic imine (C=N–C) groups is 1. The van der Waals surface area contributed by atoms with E-state index in [1.54, 1.807) is 12.3 Å². The van der Waals surface area contributed by atoms with Crippen molar-refractivity contribution >= 4 is 11.8 Å². The molecule has 2 heterocycles. The molecular formula is C13H18F3N5. The summed E-state index contributed by atoms with van der Waals surface area (Å²) in [5, 5.41) is 5.60. The number of rotatable bonds is 4. The van der Waals surface area contributed by atoms with Crippen LogP contribution in [0.1, 0.15) is 6.42 Å². The molecule has 1 aliphatic rings. The van der Waals surface area contributed by atoms with E-state index in [0.717, 1.165) is 6.42 Å². The number of alkyl halides is 2. The Balaban J connectivity index is 1.89. The van der Waals surface area contributed by atoms with Gasteiger partial charge in [0.25, 0.3) is 6.43 Å². The highest BCUT2D eigenvalue weighted by molar-refractivity contribution is 5.80. The molecule has 1 saturated heterocycles. The number of halogens is 3. The number of guanidine groups is 1. The Morgan fingerprint density at radius 2 is 2.38 bits per heavy atom. The molecular weight excluding hydrogens is 283 g/mol. The lowest BCUT2D eigenvalue weighted by Gasteiger charge is -2.19. The molecule has 2 N–H and O–H groups in total. The summed E-state index contributed by atoms with van der Waals surface area (Å²) in [5.74, 6) is 0.277. The normalized spacial score (nSPS) is 19.2. The number of hydrogen-bond acceptors (Lipinski definition) is 3. The number of nitrogens with zero attached hydrogens (tertiary/aromatic N) is 3. The highest BCUT2D eigenvalue weighted by atomic mass is 19.3. The highest BCUT2D eigenvalue weighted by Crippen LogP contribution is 2.20. The van der Waals surface area contributed by atoms with Crippen molar-refractivity contribution in [3.05, 3.63) is 24.1 Å². The third kappa shape index (κ3) is 4.24. The highest BCUT2D eigenvalue weighted by Gasteiger charge is 2.25. The third-order valence-corrected chi connectivity index (χ3v) is 3.22. The van der Waals surface area contributed by atoms with Crippen molar-refractivity contribution in [1.82, 2.24) is 15.6 Å². The Morgan fingerprint density at radius 3 is 3.05 bits per heavy atom. The molecule has 1 fully saturated rings. The van der Waals surface area contributed by atoms with Crippen molar-refractivity contribution in [3.8, 4) is 0 Å². The molecule has 1 aromatic heterocycles. The van der Waals surface area contributed by atoms with Crippen LogP contribution >= 0.6 is 0 Å². The fourth-order valence-corrected chi connectivity index (χ4v) is 2.24. The maximum Gasteiger partial charge on any atom is 0.255 e. The first-order valence-electron chi connectivity index (χ1n) is 6.71. The average Bonchev–Trinajstić information content (AvgIpc) is 2.92. The van der Waals surface area contributed by atoms with E-state index in [1.807, 2.05) is 4.90 Å². The monoisotopic (exact) mass is 301 g/mol. The van der Waals surface area contributed by atoms with E-state index in [2.05, 4.69) is 20.6 Å². The lowest BCUT2D eigenvalue weighted by molar-refractivity contribution is 0.152. The molecule has 5 nitrogen and oxygen atoms in total. The molecule has 0 aliphatic carbocycles. The van der Waals surface area contributed by atoms with Gasteiger partial charge >= 0.3 is 0 Å². The van der Waals surface area contributed by atoms with Crippen molar-refractivity contribution in [2.24, 2.45) is 4.99 Å². The first-order valence-corrected chi connectivity index (χ1v) is 6.71. The van der Waals surface area contributed by atoms with Crippen molar-refractivity contribution in [1.29, 1.82) is 0 Å². The molecule has 21 heavy (non-hydrogen) atoms.